The van der Waals surface area contributed by atoms with Crippen LogP contribution in [0.4, 0.5) is 5.69 Å². The Labute approximate surface area is 120 Å². The molecule has 0 spiro atoms. The van der Waals surface area contributed by atoms with E-state index >= 15 is 0 Å². The maximum absolute atomic E-state index is 12.0. The number of aryl methyl sites for hydroxylation is 1. The maximum Gasteiger partial charge on any atom is 0.337 e. The molecule has 2 aromatic rings. The summed E-state index contributed by atoms with van der Waals surface area (Å²) in [5, 5.41) is 15.4. The van der Waals surface area contributed by atoms with Gasteiger partial charge in [-0.15, -0.1) is 5.10 Å². The molecule has 0 fully saturated rings. The molecule has 0 radical (unpaired) electrons. The minimum atomic E-state index is -1.11. The van der Waals surface area contributed by atoms with Crippen molar-refractivity contribution in [3.05, 3.63) is 38.8 Å². The maximum atomic E-state index is 12.0. The molecule has 98 valence electrons. The molecule has 1 amide bonds. The number of carbonyl (C=O) groups excluding carboxylic acids is 1. The average Bonchev–Trinajstić information content (AvgIpc) is 2.75. The molecule has 0 unspecified atom stereocenters. The van der Waals surface area contributed by atoms with Crippen molar-refractivity contribution in [2.75, 3.05) is 5.32 Å². The van der Waals surface area contributed by atoms with Gasteiger partial charge in [-0.2, -0.15) is 0 Å². The SMILES string of the molecule is Cc1nnsc1C(=O)Nc1cc(Br)ccc1C(=O)O. The fraction of sp³-hybridized carbons (Fsp3) is 0.0909. The number of nitrogens with one attached hydrogen (secondary N) is 1. The zero-order valence-corrected chi connectivity index (χ0v) is 12.1. The van der Waals surface area contributed by atoms with Gasteiger partial charge in [0.1, 0.15) is 4.88 Å². The highest BCUT2D eigenvalue weighted by molar-refractivity contribution is 9.10. The van der Waals surface area contributed by atoms with Crippen molar-refractivity contribution in [2.24, 2.45) is 0 Å². The number of halogens is 1. The van der Waals surface area contributed by atoms with Crippen molar-refractivity contribution >= 4 is 45.0 Å². The van der Waals surface area contributed by atoms with E-state index in [-0.39, 0.29) is 11.3 Å². The minimum Gasteiger partial charge on any atom is -0.478 e. The fourth-order valence-corrected chi connectivity index (χ4v) is 2.34. The molecule has 0 aliphatic rings. The molecule has 0 saturated carbocycles. The topological polar surface area (TPSA) is 92.2 Å². The van der Waals surface area contributed by atoms with Crippen molar-refractivity contribution in [2.45, 2.75) is 6.92 Å². The summed E-state index contributed by atoms with van der Waals surface area (Å²) in [5.74, 6) is -1.53. The van der Waals surface area contributed by atoms with E-state index in [4.69, 9.17) is 5.11 Å². The summed E-state index contributed by atoms with van der Waals surface area (Å²) >= 11 is 4.20. The highest BCUT2D eigenvalue weighted by Crippen LogP contribution is 2.23. The second-order valence-corrected chi connectivity index (χ2v) is 5.31. The Kier molecular flexibility index (Phi) is 3.91. The lowest BCUT2D eigenvalue weighted by molar-refractivity contribution is 0.0698. The van der Waals surface area contributed by atoms with Gasteiger partial charge in [0.05, 0.1) is 16.9 Å². The zero-order chi connectivity index (χ0) is 14.0. The first-order valence-corrected chi connectivity index (χ1v) is 6.69. The molecule has 0 bridgehead atoms. The summed E-state index contributed by atoms with van der Waals surface area (Å²) in [6, 6.07) is 4.55. The number of hydrogen-bond donors (Lipinski definition) is 2. The van der Waals surface area contributed by atoms with Crippen LogP contribution < -0.4 is 5.32 Å². The lowest BCUT2D eigenvalue weighted by atomic mass is 10.2. The van der Waals surface area contributed by atoms with Crippen LogP contribution in [0.2, 0.25) is 0 Å². The van der Waals surface area contributed by atoms with Crippen LogP contribution >= 0.6 is 27.5 Å². The molecular weight excluding hydrogens is 334 g/mol. The first-order chi connectivity index (χ1) is 8.99. The molecule has 19 heavy (non-hydrogen) atoms. The Morgan fingerprint density at radius 1 is 1.42 bits per heavy atom. The van der Waals surface area contributed by atoms with Gasteiger partial charge in [-0.25, -0.2) is 4.79 Å². The molecule has 0 atom stereocenters. The largest absolute Gasteiger partial charge is 0.478 e. The normalized spacial score (nSPS) is 10.2. The number of anilines is 1. The van der Waals surface area contributed by atoms with Gasteiger partial charge in [-0.3, -0.25) is 4.79 Å². The Hall–Kier alpha value is -1.80. The monoisotopic (exact) mass is 341 g/mol. The lowest BCUT2D eigenvalue weighted by Gasteiger charge is -2.08. The van der Waals surface area contributed by atoms with Crippen molar-refractivity contribution in [3.63, 3.8) is 0 Å². The summed E-state index contributed by atoms with van der Waals surface area (Å²) in [7, 11) is 0. The molecular formula is C11H8BrN3O3S. The second kappa shape index (κ2) is 5.45. The van der Waals surface area contributed by atoms with Crippen LogP contribution in [0.25, 0.3) is 0 Å². The quantitative estimate of drug-likeness (QED) is 0.894. The number of carboxylic acid groups (broad SMARTS) is 1. The molecule has 0 aliphatic heterocycles. The van der Waals surface area contributed by atoms with Gasteiger partial charge in [0, 0.05) is 4.47 Å². The Morgan fingerprint density at radius 3 is 2.74 bits per heavy atom. The number of nitrogens with zero attached hydrogens (tertiary/aromatic N) is 2. The number of rotatable bonds is 3. The van der Waals surface area contributed by atoms with Crippen LogP contribution in [0.5, 0.6) is 0 Å². The van der Waals surface area contributed by atoms with Gasteiger partial charge in [0.2, 0.25) is 0 Å². The van der Waals surface area contributed by atoms with Crippen molar-refractivity contribution in [1.82, 2.24) is 9.59 Å². The van der Waals surface area contributed by atoms with E-state index in [1.54, 1.807) is 13.0 Å². The van der Waals surface area contributed by atoms with Gasteiger partial charge >= 0.3 is 5.97 Å². The van der Waals surface area contributed by atoms with E-state index in [0.717, 1.165) is 11.5 Å². The predicted molar refractivity (Wildman–Crippen MR) is 73.7 cm³/mol. The first-order valence-electron chi connectivity index (χ1n) is 5.12. The summed E-state index contributed by atoms with van der Waals surface area (Å²) in [6.07, 6.45) is 0. The number of benzene rings is 1. The number of amides is 1. The molecule has 2 rings (SSSR count). The number of aromatic carboxylic acids is 1. The van der Waals surface area contributed by atoms with E-state index in [0.29, 0.717) is 15.0 Å². The Balaban J connectivity index is 2.33. The molecule has 0 aliphatic carbocycles. The molecule has 0 saturated heterocycles. The third-order valence-corrected chi connectivity index (χ3v) is 3.64. The second-order valence-electron chi connectivity index (χ2n) is 3.64. The highest BCUT2D eigenvalue weighted by atomic mass is 79.9. The van der Waals surface area contributed by atoms with Gasteiger partial charge in [-0.05, 0) is 36.7 Å². The van der Waals surface area contributed by atoms with Crippen LogP contribution in [-0.2, 0) is 0 Å². The predicted octanol–water partition coefficient (Wildman–Crippen LogP) is 2.56. The molecule has 1 aromatic heterocycles. The van der Waals surface area contributed by atoms with Crippen LogP contribution in [0.3, 0.4) is 0 Å². The highest BCUT2D eigenvalue weighted by Gasteiger charge is 2.17. The fourth-order valence-electron chi connectivity index (χ4n) is 1.43. The molecule has 2 N–H and O–H groups in total. The average molecular weight is 342 g/mol. The number of hydrogen-bond acceptors (Lipinski definition) is 5. The van der Waals surface area contributed by atoms with E-state index in [1.165, 1.54) is 12.1 Å². The molecule has 1 aromatic carbocycles. The summed E-state index contributed by atoms with van der Waals surface area (Å²) in [5.41, 5.74) is 0.751. The Morgan fingerprint density at radius 2 is 2.16 bits per heavy atom. The van der Waals surface area contributed by atoms with Crippen molar-refractivity contribution in [3.8, 4) is 0 Å². The number of carbonyl (C=O) groups is 2. The van der Waals surface area contributed by atoms with Crippen LogP contribution in [0.1, 0.15) is 25.7 Å². The standard InChI is InChI=1S/C11H8BrN3O3S/c1-5-9(19-15-14-5)10(16)13-8-4-6(12)2-3-7(8)11(17)18/h2-4H,1H3,(H,13,16)(H,17,18). The first kappa shape index (κ1) is 13.6. The molecule has 8 heteroatoms. The van der Waals surface area contributed by atoms with Gasteiger partial charge in [0.25, 0.3) is 5.91 Å². The number of carboxylic acids is 1. The lowest BCUT2D eigenvalue weighted by Crippen LogP contribution is -2.14. The summed E-state index contributed by atoms with van der Waals surface area (Å²) in [6.45, 7) is 1.66. The molecule has 1 heterocycles. The van der Waals surface area contributed by atoms with Crippen molar-refractivity contribution in [1.29, 1.82) is 0 Å². The van der Waals surface area contributed by atoms with E-state index in [1.807, 2.05) is 0 Å². The van der Waals surface area contributed by atoms with Gasteiger partial charge in [0.15, 0.2) is 0 Å². The van der Waals surface area contributed by atoms with Crippen molar-refractivity contribution < 1.29 is 14.7 Å². The van der Waals surface area contributed by atoms with Crippen LogP contribution in [0, 0.1) is 6.92 Å². The summed E-state index contributed by atoms with van der Waals surface area (Å²) < 4.78 is 4.34. The molecule has 6 nitrogen and oxygen atoms in total. The van der Waals surface area contributed by atoms with Crippen LogP contribution in [0.15, 0.2) is 22.7 Å². The van der Waals surface area contributed by atoms with Gasteiger partial charge < -0.3 is 10.4 Å². The third kappa shape index (κ3) is 2.96. The van der Waals surface area contributed by atoms with E-state index in [9.17, 15) is 9.59 Å². The van der Waals surface area contributed by atoms with E-state index < -0.39 is 11.9 Å². The third-order valence-electron chi connectivity index (χ3n) is 2.32. The minimum absolute atomic E-state index is 0.0201. The Bertz CT molecular complexity index is 656. The van der Waals surface area contributed by atoms with E-state index in [2.05, 4.69) is 30.8 Å². The smallest absolute Gasteiger partial charge is 0.337 e. The zero-order valence-electron chi connectivity index (χ0n) is 9.68. The van der Waals surface area contributed by atoms with Gasteiger partial charge in [-0.1, -0.05) is 20.4 Å². The number of aromatic nitrogens is 2. The van der Waals surface area contributed by atoms with Crippen LogP contribution in [-0.4, -0.2) is 26.6 Å². The summed E-state index contributed by atoms with van der Waals surface area (Å²) in [4.78, 5) is 23.4.